The summed E-state index contributed by atoms with van der Waals surface area (Å²) >= 11 is 10.1. The first kappa shape index (κ1) is 23.7. The molecule has 1 saturated heterocycles. The van der Waals surface area contributed by atoms with E-state index < -0.39 is 12.1 Å². The minimum absolute atomic E-state index is 0.162. The van der Waals surface area contributed by atoms with Crippen molar-refractivity contribution in [3.8, 4) is 5.75 Å². The number of β-amino-alcohol motifs (C(OH)–C–C–N with tert-alkyl or cyclic N) is 1. The molecule has 3 aromatic rings. The van der Waals surface area contributed by atoms with Crippen LogP contribution >= 0.6 is 24.4 Å². The topological polar surface area (TPSA) is 139 Å². The fraction of sp³-hybridized carbons (Fsp3) is 0.273. The van der Waals surface area contributed by atoms with Gasteiger partial charge in [-0.2, -0.15) is 4.98 Å². The monoisotopic (exact) mass is 500 g/mol. The molecule has 0 spiro atoms. The van der Waals surface area contributed by atoms with Crippen molar-refractivity contribution in [2.75, 3.05) is 35.4 Å². The Kier molecular flexibility index (Phi) is 7.40. The van der Waals surface area contributed by atoms with Crippen LogP contribution in [0.25, 0.3) is 0 Å². The number of carboxylic acid groups (broad SMARTS) is 1. The van der Waals surface area contributed by atoms with Crippen molar-refractivity contribution in [1.82, 2.24) is 15.0 Å². The van der Waals surface area contributed by atoms with Gasteiger partial charge in [0.2, 0.25) is 10.7 Å². The molecule has 2 heterocycles. The molecular formula is C22H24N6O4S2. The van der Waals surface area contributed by atoms with E-state index in [1.54, 1.807) is 12.1 Å². The van der Waals surface area contributed by atoms with Gasteiger partial charge in [0.25, 0.3) is 0 Å². The van der Waals surface area contributed by atoms with Crippen molar-refractivity contribution < 1.29 is 19.7 Å². The van der Waals surface area contributed by atoms with E-state index in [9.17, 15) is 15.0 Å². The lowest BCUT2D eigenvalue weighted by atomic mass is 10.0. The summed E-state index contributed by atoms with van der Waals surface area (Å²) in [7, 11) is 0. The van der Waals surface area contributed by atoms with E-state index in [2.05, 4.69) is 25.6 Å². The molecular weight excluding hydrogens is 476 g/mol. The molecule has 6 N–H and O–H groups in total. The van der Waals surface area contributed by atoms with Gasteiger partial charge in [0.15, 0.2) is 11.5 Å². The average Bonchev–Trinajstić information content (AvgIpc) is 2.78. The van der Waals surface area contributed by atoms with Crippen molar-refractivity contribution in [2.45, 2.75) is 18.9 Å². The van der Waals surface area contributed by atoms with Crippen LogP contribution < -0.4 is 20.3 Å². The van der Waals surface area contributed by atoms with Crippen LogP contribution in [0.4, 0.5) is 23.0 Å². The maximum absolute atomic E-state index is 11.7. The van der Waals surface area contributed by atoms with Crippen LogP contribution in [-0.2, 0) is 0 Å². The number of nitrogens with one attached hydrogen (secondary N) is 4. The highest BCUT2D eigenvalue weighted by molar-refractivity contribution is 7.71. The van der Waals surface area contributed by atoms with Crippen LogP contribution in [-0.4, -0.2) is 57.1 Å². The molecule has 34 heavy (non-hydrogen) atoms. The Bertz CT molecular complexity index is 1270. The highest BCUT2D eigenvalue weighted by Gasteiger charge is 2.23. The number of ether oxygens (including phenoxy) is 1. The molecule has 178 valence electrons. The maximum atomic E-state index is 11.7. The van der Waals surface area contributed by atoms with E-state index in [0.717, 1.165) is 17.8 Å². The second-order valence-electron chi connectivity index (χ2n) is 7.74. The van der Waals surface area contributed by atoms with Gasteiger partial charge in [-0.05, 0) is 67.6 Å². The Morgan fingerprint density at radius 2 is 2.03 bits per heavy atom. The van der Waals surface area contributed by atoms with Gasteiger partial charge in [-0.1, -0.05) is 6.07 Å². The molecule has 1 aromatic heterocycles. The van der Waals surface area contributed by atoms with Gasteiger partial charge in [-0.15, -0.1) is 0 Å². The van der Waals surface area contributed by atoms with Crippen molar-refractivity contribution >= 4 is 53.4 Å². The van der Waals surface area contributed by atoms with Crippen molar-refractivity contribution in [3.05, 3.63) is 57.6 Å². The number of anilines is 4. The van der Waals surface area contributed by atoms with Crippen LogP contribution in [0.15, 0.2) is 42.5 Å². The lowest BCUT2D eigenvalue weighted by Crippen LogP contribution is -2.39. The molecule has 0 amide bonds. The van der Waals surface area contributed by atoms with Gasteiger partial charge in [0.05, 0.1) is 17.4 Å². The van der Waals surface area contributed by atoms with Gasteiger partial charge in [-0.25, -0.2) is 4.79 Å². The van der Waals surface area contributed by atoms with Gasteiger partial charge in [0.1, 0.15) is 5.75 Å². The number of aromatic carboxylic acids is 1. The maximum Gasteiger partial charge on any atom is 0.337 e. The number of rotatable bonds is 8. The summed E-state index contributed by atoms with van der Waals surface area (Å²) in [5.74, 6) is -0.0634. The van der Waals surface area contributed by atoms with Crippen LogP contribution in [0, 0.1) is 9.54 Å². The second-order valence-corrected chi connectivity index (χ2v) is 8.54. The summed E-state index contributed by atoms with van der Waals surface area (Å²) in [5, 5.41) is 25.9. The number of benzene rings is 2. The molecule has 1 unspecified atom stereocenters. The lowest BCUT2D eigenvalue weighted by Gasteiger charge is -2.33. The third kappa shape index (κ3) is 6.10. The number of carbonyl (C=O) groups is 1. The van der Waals surface area contributed by atoms with E-state index in [1.807, 2.05) is 29.2 Å². The number of aromatic nitrogens is 3. The van der Waals surface area contributed by atoms with Crippen molar-refractivity contribution in [1.29, 1.82) is 0 Å². The highest BCUT2D eigenvalue weighted by Crippen LogP contribution is 2.29. The molecule has 1 atom stereocenters. The molecule has 2 aromatic carbocycles. The first-order valence-corrected chi connectivity index (χ1v) is 11.4. The van der Waals surface area contributed by atoms with Gasteiger partial charge in [0, 0.05) is 30.5 Å². The fourth-order valence-corrected chi connectivity index (χ4v) is 4.17. The molecule has 1 aliphatic heterocycles. The zero-order chi connectivity index (χ0) is 24.1. The smallest absolute Gasteiger partial charge is 0.337 e. The quantitative estimate of drug-likeness (QED) is 0.198. The summed E-state index contributed by atoms with van der Waals surface area (Å²) in [6.45, 7) is 1.24. The summed E-state index contributed by atoms with van der Waals surface area (Å²) in [5.41, 5.74) is 2.29. The number of nitrogens with zero attached hydrogens (tertiary/aromatic N) is 2. The third-order valence-corrected chi connectivity index (χ3v) is 5.64. The highest BCUT2D eigenvalue weighted by atomic mass is 32.1. The predicted octanol–water partition coefficient (Wildman–Crippen LogP) is 4.05. The molecule has 0 saturated carbocycles. The van der Waals surface area contributed by atoms with Gasteiger partial charge >= 0.3 is 5.97 Å². The molecule has 1 aliphatic rings. The minimum atomic E-state index is -1.02. The number of hydrogen-bond donors (Lipinski definition) is 6. The molecule has 0 aliphatic carbocycles. The number of hydrogen-bond acceptors (Lipinski definition) is 9. The van der Waals surface area contributed by atoms with E-state index in [0.29, 0.717) is 41.7 Å². The first-order chi connectivity index (χ1) is 16.4. The van der Waals surface area contributed by atoms with Crippen LogP contribution in [0.3, 0.4) is 0 Å². The Morgan fingerprint density at radius 3 is 2.79 bits per heavy atom. The van der Waals surface area contributed by atoms with Gasteiger partial charge in [-0.3, -0.25) is 0 Å². The van der Waals surface area contributed by atoms with E-state index in [1.165, 1.54) is 6.07 Å². The lowest BCUT2D eigenvalue weighted by molar-refractivity contribution is 0.0696. The van der Waals surface area contributed by atoms with Crippen molar-refractivity contribution in [2.24, 2.45) is 0 Å². The van der Waals surface area contributed by atoms with Gasteiger partial charge < -0.3 is 40.5 Å². The second kappa shape index (κ2) is 10.6. The molecule has 10 nitrogen and oxygen atoms in total. The minimum Gasteiger partial charge on any atom is -0.478 e. The predicted molar refractivity (Wildman–Crippen MR) is 134 cm³/mol. The largest absolute Gasteiger partial charge is 0.478 e. The molecule has 0 bridgehead atoms. The summed E-state index contributed by atoms with van der Waals surface area (Å²) < 4.78 is 6.48. The number of carboxylic acids is 1. The Morgan fingerprint density at radius 1 is 1.21 bits per heavy atom. The molecule has 1 fully saturated rings. The van der Waals surface area contributed by atoms with Crippen LogP contribution in [0.1, 0.15) is 23.2 Å². The zero-order valence-corrected chi connectivity index (χ0v) is 19.7. The van der Waals surface area contributed by atoms with E-state index in [-0.39, 0.29) is 17.1 Å². The fourth-order valence-electron chi connectivity index (χ4n) is 3.72. The van der Waals surface area contributed by atoms with E-state index >= 15 is 0 Å². The first-order valence-electron chi connectivity index (χ1n) is 10.6. The summed E-state index contributed by atoms with van der Waals surface area (Å²) in [6, 6.07) is 12.3. The van der Waals surface area contributed by atoms with Crippen LogP contribution in [0.2, 0.25) is 0 Å². The number of aliphatic hydroxyl groups is 1. The SMILES string of the molecule is O=C(O)c1ccc(OCNc2cccc(Nc3nc(=S)[nH]c(=S)[nH]3)c2)cc1N1CCCC(O)C1. The third-order valence-electron chi connectivity index (χ3n) is 5.24. The summed E-state index contributed by atoms with van der Waals surface area (Å²) in [6.07, 6.45) is 1.04. The van der Waals surface area contributed by atoms with Crippen molar-refractivity contribution in [3.63, 3.8) is 0 Å². The number of aliphatic hydroxyl groups excluding tert-OH is 1. The number of aromatic amines is 2. The number of H-pyrrole nitrogens is 2. The summed E-state index contributed by atoms with van der Waals surface area (Å²) in [4.78, 5) is 23.4. The van der Waals surface area contributed by atoms with Crippen LogP contribution in [0.5, 0.6) is 5.75 Å². The Labute approximate surface area is 205 Å². The Hall–Kier alpha value is -3.48. The normalized spacial score (nSPS) is 15.6. The number of piperidine rings is 1. The average molecular weight is 501 g/mol. The molecule has 4 rings (SSSR count). The molecule has 0 radical (unpaired) electrons. The molecule has 12 heteroatoms. The zero-order valence-electron chi connectivity index (χ0n) is 18.1. The van der Waals surface area contributed by atoms with E-state index in [4.69, 9.17) is 29.2 Å². The Balaban J connectivity index is 1.41. The standard InChI is InChI=1S/C22H24N6O4S2/c29-15-5-2-8-28(11-15)18-10-16(6-7-17(18)19(30)31)32-12-23-13-3-1-4-14(9-13)24-20-25-21(33)27-22(34)26-20/h1,3-4,6-7,9-10,15,23,29H,2,5,8,11-12H2,(H,30,31)(H3,24,25,26,27,33,34).